The second-order valence-electron chi connectivity index (χ2n) is 6.36. The Hall–Kier alpha value is -1.76. The van der Waals surface area contributed by atoms with E-state index in [2.05, 4.69) is 21.9 Å². The van der Waals surface area contributed by atoms with Crippen molar-refractivity contribution in [1.82, 2.24) is 5.32 Å². The highest BCUT2D eigenvalue weighted by molar-refractivity contribution is 6.33. The Bertz CT molecular complexity index is 696. The fourth-order valence-corrected chi connectivity index (χ4v) is 3.67. The topological polar surface area (TPSA) is 38.3 Å². The number of hydrogen-bond donors (Lipinski definition) is 1. The van der Waals surface area contributed by atoms with Crippen LogP contribution in [-0.4, -0.2) is 26.2 Å². The third-order valence-corrected chi connectivity index (χ3v) is 5.05. The van der Waals surface area contributed by atoms with E-state index < -0.39 is 5.97 Å². The van der Waals surface area contributed by atoms with Crippen molar-refractivity contribution in [3.8, 4) is 11.8 Å². The van der Waals surface area contributed by atoms with Gasteiger partial charge in [-0.05, 0) is 68.5 Å². The van der Waals surface area contributed by atoms with Gasteiger partial charge in [-0.1, -0.05) is 29.0 Å². The van der Waals surface area contributed by atoms with Crippen molar-refractivity contribution >= 4 is 17.6 Å². The summed E-state index contributed by atoms with van der Waals surface area (Å²) in [6.45, 7) is 2.29. The molecule has 0 radical (unpaired) electrons. The predicted octanol–water partition coefficient (Wildman–Crippen LogP) is 3.57. The fourth-order valence-electron chi connectivity index (χ4n) is 3.41. The number of methoxy groups -OCH3 is 1. The van der Waals surface area contributed by atoms with Gasteiger partial charge in [0.1, 0.15) is 0 Å². The fraction of sp³-hybridized carbons (Fsp3) is 0.421. The van der Waals surface area contributed by atoms with E-state index in [0.717, 1.165) is 18.7 Å². The number of benzene rings is 1. The molecule has 0 amide bonds. The molecule has 1 aromatic rings. The maximum absolute atomic E-state index is 11.5. The molecular formula is C19H20ClNO2. The monoisotopic (exact) mass is 329 g/mol. The second-order valence-corrected chi connectivity index (χ2v) is 6.77. The predicted molar refractivity (Wildman–Crippen MR) is 91.5 cm³/mol. The first kappa shape index (κ1) is 16.1. The molecular weight excluding hydrogens is 310 g/mol. The van der Waals surface area contributed by atoms with Crippen molar-refractivity contribution < 1.29 is 9.53 Å². The molecule has 0 bridgehead atoms. The highest BCUT2D eigenvalue weighted by Crippen LogP contribution is 2.51. The van der Waals surface area contributed by atoms with Crippen LogP contribution in [0.3, 0.4) is 0 Å². The smallest absolute Gasteiger partial charge is 0.339 e. The van der Waals surface area contributed by atoms with Gasteiger partial charge in [0.05, 0.1) is 17.7 Å². The van der Waals surface area contributed by atoms with Crippen LogP contribution < -0.4 is 5.32 Å². The largest absolute Gasteiger partial charge is 0.465 e. The summed E-state index contributed by atoms with van der Waals surface area (Å²) in [5, 5.41) is 3.79. The standard InChI is InChI=1S/C19H20ClNO2/c1-23-18(22)16-6-5-14(11-17(16)20)3-2-4-15-12-19(13-15)7-9-21-10-8-19/h4-6,11,21H,7-10,12-13H2,1H3. The van der Waals surface area contributed by atoms with Gasteiger partial charge in [0, 0.05) is 5.56 Å². The number of carbonyl (C=O) groups excluding carboxylic acids is 1. The molecule has 23 heavy (non-hydrogen) atoms. The lowest BCUT2D eigenvalue weighted by molar-refractivity contribution is 0.0601. The molecule has 1 N–H and O–H groups in total. The van der Waals surface area contributed by atoms with Gasteiger partial charge in [0.2, 0.25) is 0 Å². The number of hydrogen-bond acceptors (Lipinski definition) is 3. The summed E-state index contributed by atoms with van der Waals surface area (Å²) in [7, 11) is 1.34. The summed E-state index contributed by atoms with van der Waals surface area (Å²) in [5.74, 6) is 5.77. The number of rotatable bonds is 1. The van der Waals surface area contributed by atoms with Crippen LogP contribution in [0.25, 0.3) is 0 Å². The number of ether oxygens (including phenoxy) is 1. The van der Waals surface area contributed by atoms with Crippen molar-refractivity contribution in [2.45, 2.75) is 25.7 Å². The molecule has 2 fully saturated rings. The Balaban J connectivity index is 1.63. The van der Waals surface area contributed by atoms with Crippen LogP contribution in [0.5, 0.6) is 0 Å². The second kappa shape index (κ2) is 6.78. The third kappa shape index (κ3) is 3.60. The van der Waals surface area contributed by atoms with E-state index in [1.807, 2.05) is 6.08 Å². The number of esters is 1. The minimum atomic E-state index is -0.432. The van der Waals surface area contributed by atoms with E-state index in [1.54, 1.807) is 18.2 Å². The van der Waals surface area contributed by atoms with Crippen LogP contribution >= 0.6 is 11.6 Å². The van der Waals surface area contributed by atoms with Crippen LogP contribution in [0.15, 0.2) is 29.8 Å². The summed E-state index contributed by atoms with van der Waals surface area (Å²) >= 11 is 6.09. The number of allylic oxidation sites excluding steroid dienone is 2. The van der Waals surface area contributed by atoms with Crippen molar-refractivity contribution in [2.75, 3.05) is 20.2 Å². The molecule has 1 aliphatic carbocycles. The molecule has 1 aromatic carbocycles. The average Bonchev–Trinajstić information content (AvgIpc) is 2.53. The Morgan fingerprint density at radius 3 is 2.74 bits per heavy atom. The van der Waals surface area contributed by atoms with E-state index in [9.17, 15) is 4.79 Å². The average molecular weight is 330 g/mol. The first-order valence-corrected chi connectivity index (χ1v) is 8.28. The molecule has 1 saturated carbocycles. The van der Waals surface area contributed by atoms with Crippen LogP contribution in [0, 0.1) is 17.3 Å². The Morgan fingerprint density at radius 1 is 1.35 bits per heavy atom. The Labute approximate surface area is 142 Å². The van der Waals surface area contributed by atoms with E-state index in [-0.39, 0.29) is 0 Å². The van der Waals surface area contributed by atoms with Gasteiger partial charge < -0.3 is 10.1 Å². The van der Waals surface area contributed by atoms with Crippen molar-refractivity contribution in [2.24, 2.45) is 5.41 Å². The molecule has 3 rings (SSSR count). The number of halogens is 1. The van der Waals surface area contributed by atoms with Gasteiger partial charge in [-0.15, -0.1) is 0 Å². The zero-order valence-corrected chi connectivity index (χ0v) is 14.0. The SMILES string of the molecule is COC(=O)c1ccc(C#CC=C2CC3(CCNCC3)C2)cc1Cl. The van der Waals surface area contributed by atoms with Crippen LogP contribution in [-0.2, 0) is 4.74 Å². The maximum Gasteiger partial charge on any atom is 0.339 e. The molecule has 2 aliphatic rings. The van der Waals surface area contributed by atoms with E-state index in [0.29, 0.717) is 16.0 Å². The number of carbonyl (C=O) groups is 1. The Kier molecular flexibility index (Phi) is 4.75. The van der Waals surface area contributed by atoms with Gasteiger partial charge in [-0.25, -0.2) is 4.79 Å². The molecule has 0 atom stereocenters. The molecule has 4 heteroatoms. The molecule has 1 aliphatic heterocycles. The summed E-state index contributed by atoms with van der Waals surface area (Å²) in [6.07, 6.45) is 6.97. The van der Waals surface area contributed by atoms with Gasteiger partial charge in [0.25, 0.3) is 0 Å². The van der Waals surface area contributed by atoms with Gasteiger partial charge in [0.15, 0.2) is 0 Å². The summed E-state index contributed by atoms with van der Waals surface area (Å²) in [5.41, 5.74) is 3.15. The van der Waals surface area contributed by atoms with E-state index >= 15 is 0 Å². The minimum absolute atomic E-state index is 0.366. The van der Waals surface area contributed by atoms with Crippen LogP contribution in [0.1, 0.15) is 41.6 Å². The molecule has 3 nitrogen and oxygen atoms in total. The minimum Gasteiger partial charge on any atom is -0.465 e. The Morgan fingerprint density at radius 2 is 2.09 bits per heavy atom. The van der Waals surface area contributed by atoms with Crippen molar-refractivity contribution in [3.63, 3.8) is 0 Å². The van der Waals surface area contributed by atoms with E-state index in [1.165, 1.54) is 38.4 Å². The zero-order chi connectivity index (χ0) is 16.3. The molecule has 120 valence electrons. The van der Waals surface area contributed by atoms with Crippen molar-refractivity contribution in [1.29, 1.82) is 0 Å². The molecule has 0 aromatic heterocycles. The number of piperidine rings is 1. The third-order valence-electron chi connectivity index (χ3n) is 4.74. The lowest BCUT2D eigenvalue weighted by Crippen LogP contribution is -2.42. The summed E-state index contributed by atoms with van der Waals surface area (Å²) in [6, 6.07) is 5.14. The molecule has 1 saturated heterocycles. The lowest BCUT2D eigenvalue weighted by atomic mass is 9.60. The van der Waals surface area contributed by atoms with E-state index in [4.69, 9.17) is 11.6 Å². The summed E-state index contributed by atoms with van der Waals surface area (Å²) < 4.78 is 4.67. The quantitative estimate of drug-likeness (QED) is 0.632. The molecule has 1 heterocycles. The molecule has 0 unspecified atom stereocenters. The van der Waals surface area contributed by atoms with Crippen LogP contribution in [0.2, 0.25) is 5.02 Å². The lowest BCUT2D eigenvalue weighted by Gasteiger charge is -2.46. The highest BCUT2D eigenvalue weighted by Gasteiger charge is 2.40. The maximum atomic E-state index is 11.5. The first-order valence-electron chi connectivity index (χ1n) is 7.90. The number of nitrogens with one attached hydrogen (secondary N) is 1. The van der Waals surface area contributed by atoms with Gasteiger partial charge >= 0.3 is 5.97 Å². The summed E-state index contributed by atoms with van der Waals surface area (Å²) in [4.78, 5) is 11.5. The van der Waals surface area contributed by atoms with Crippen LogP contribution in [0.4, 0.5) is 0 Å². The van der Waals surface area contributed by atoms with Crippen molar-refractivity contribution in [3.05, 3.63) is 46.0 Å². The van der Waals surface area contributed by atoms with Gasteiger partial charge in [-0.3, -0.25) is 0 Å². The zero-order valence-electron chi connectivity index (χ0n) is 13.2. The highest BCUT2D eigenvalue weighted by atomic mass is 35.5. The normalized spacial score (nSPS) is 18.6. The van der Waals surface area contributed by atoms with Gasteiger partial charge in [-0.2, -0.15) is 0 Å². The first-order chi connectivity index (χ1) is 11.1. The molecule has 1 spiro atoms.